The molecule has 32 heavy (non-hydrogen) atoms. The minimum atomic E-state index is 0.386. The first-order valence-electron chi connectivity index (χ1n) is 14.6. The van der Waals surface area contributed by atoms with E-state index in [9.17, 15) is 4.79 Å². The molecule has 0 spiro atoms. The van der Waals surface area contributed by atoms with Crippen LogP contribution in [0.25, 0.3) is 0 Å². The fourth-order valence-electron chi connectivity index (χ4n) is 4.42. The Morgan fingerprint density at radius 3 is 1.31 bits per heavy atom. The molecule has 0 radical (unpaired) electrons. The van der Waals surface area contributed by atoms with E-state index < -0.39 is 0 Å². The van der Waals surface area contributed by atoms with Crippen LogP contribution in [0.1, 0.15) is 156 Å². The number of unbranched alkanes of at least 4 members (excludes halogenated alkanes) is 16. The maximum Gasteiger partial charge on any atom is 0.135 e. The van der Waals surface area contributed by atoms with Crippen molar-refractivity contribution in [2.75, 3.05) is 26.7 Å². The van der Waals surface area contributed by atoms with Crippen molar-refractivity contribution < 1.29 is 14.3 Å². The highest BCUT2D eigenvalue weighted by atomic mass is 16.7. The van der Waals surface area contributed by atoms with Gasteiger partial charge < -0.3 is 0 Å². The van der Waals surface area contributed by atoms with Gasteiger partial charge in [0.25, 0.3) is 0 Å². The number of quaternary nitrogens is 1. The minimum Gasteiger partial charge on any atom is -0.300 e. The molecule has 0 rings (SSSR count). The Labute approximate surface area is 202 Å². The fourth-order valence-corrected chi connectivity index (χ4v) is 4.42. The van der Waals surface area contributed by atoms with Gasteiger partial charge in [-0.25, -0.2) is 4.84 Å². The highest BCUT2D eigenvalue weighted by molar-refractivity contribution is 5.78. The van der Waals surface area contributed by atoms with E-state index >= 15 is 0 Å². The van der Waals surface area contributed by atoms with Gasteiger partial charge in [0.2, 0.25) is 0 Å². The molecule has 0 aliphatic carbocycles. The standard InChI is InChI=1S/C29H60NO2/c1-5-8-11-12-13-14-15-16-17-18-19-20-21-22-23-24-29(31)25-28-32-30(4,26-9-6-2)27-10-7-3/h5-28H2,1-4H3/q+1. The van der Waals surface area contributed by atoms with Gasteiger partial charge in [0.1, 0.15) is 25.5 Å². The van der Waals surface area contributed by atoms with Gasteiger partial charge in [-0.1, -0.05) is 124 Å². The number of carbonyl (C=O) groups is 1. The van der Waals surface area contributed by atoms with Gasteiger partial charge in [-0.15, -0.1) is 0 Å². The van der Waals surface area contributed by atoms with Gasteiger partial charge in [0.15, 0.2) is 0 Å². The molecule has 0 aliphatic rings. The first-order chi connectivity index (χ1) is 15.6. The molecular weight excluding hydrogens is 394 g/mol. The summed E-state index contributed by atoms with van der Waals surface area (Å²) < 4.78 is 0.675. The van der Waals surface area contributed by atoms with Crippen molar-refractivity contribution in [1.82, 2.24) is 0 Å². The lowest BCUT2D eigenvalue weighted by molar-refractivity contribution is -1.09. The predicted octanol–water partition coefficient (Wildman–Crippen LogP) is 9.19. The normalized spacial score (nSPS) is 11.9. The third kappa shape index (κ3) is 21.4. The first-order valence-corrected chi connectivity index (χ1v) is 14.6. The molecule has 0 aromatic rings. The number of nitrogens with zero attached hydrogens (tertiary/aromatic N) is 1. The SMILES string of the molecule is CCCCCCCCCCCCCCCCCC(=O)CCO[N+](C)(CCCC)CCCC. The molecule has 0 atom stereocenters. The topological polar surface area (TPSA) is 26.3 Å². The quantitative estimate of drug-likeness (QED) is 0.0739. The summed E-state index contributed by atoms with van der Waals surface area (Å²) in [5.41, 5.74) is 0. The smallest absolute Gasteiger partial charge is 0.135 e. The fraction of sp³-hybridized carbons (Fsp3) is 0.966. The molecule has 0 aromatic heterocycles. The van der Waals surface area contributed by atoms with Crippen LogP contribution in [0.15, 0.2) is 0 Å². The van der Waals surface area contributed by atoms with E-state index in [2.05, 4.69) is 27.8 Å². The van der Waals surface area contributed by atoms with Crippen LogP contribution in [0.3, 0.4) is 0 Å². The van der Waals surface area contributed by atoms with Gasteiger partial charge in [-0.2, -0.15) is 4.65 Å². The Morgan fingerprint density at radius 2 is 0.906 bits per heavy atom. The molecule has 0 amide bonds. The summed E-state index contributed by atoms with van der Waals surface area (Å²) in [6.45, 7) is 9.44. The van der Waals surface area contributed by atoms with Crippen LogP contribution in [0.2, 0.25) is 0 Å². The van der Waals surface area contributed by atoms with Crippen molar-refractivity contribution in [2.45, 2.75) is 156 Å². The van der Waals surface area contributed by atoms with Crippen LogP contribution < -0.4 is 0 Å². The third-order valence-corrected chi connectivity index (χ3v) is 6.81. The Balaban J connectivity index is 3.50. The number of rotatable bonds is 26. The highest BCUT2D eigenvalue weighted by Gasteiger charge is 2.22. The molecule has 3 heteroatoms. The van der Waals surface area contributed by atoms with Crippen molar-refractivity contribution in [3.8, 4) is 0 Å². The monoisotopic (exact) mass is 454 g/mol. The molecular formula is C29H60NO2+. The van der Waals surface area contributed by atoms with Crippen molar-refractivity contribution in [1.29, 1.82) is 0 Å². The Morgan fingerprint density at radius 1 is 0.531 bits per heavy atom. The second kappa shape index (κ2) is 23.7. The minimum absolute atomic E-state index is 0.386. The summed E-state index contributed by atoms with van der Waals surface area (Å²) >= 11 is 0. The zero-order valence-corrected chi connectivity index (χ0v) is 22.7. The van der Waals surface area contributed by atoms with Crippen molar-refractivity contribution in [2.24, 2.45) is 0 Å². The molecule has 3 nitrogen and oxygen atoms in total. The van der Waals surface area contributed by atoms with E-state index in [4.69, 9.17) is 4.84 Å². The van der Waals surface area contributed by atoms with Crippen LogP contribution in [0.5, 0.6) is 0 Å². The summed E-state index contributed by atoms with van der Waals surface area (Å²) in [6.07, 6.45) is 26.6. The van der Waals surface area contributed by atoms with Crippen LogP contribution in [-0.2, 0) is 9.63 Å². The van der Waals surface area contributed by atoms with Crippen LogP contribution in [0.4, 0.5) is 0 Å². The number of ketones is 1. The second-order valence-corrected chi connectivity index (χ2v) is 10.3. The van der Waals surface area contributed by atoms with E-state index in [0.29, 0.717) is 23.5 Å². The van der Waals surface area contributed by atoms with E-state index in [-0.39, 0.29) is 0 Å². The Hall–Kier alpha value is -0.410. The summed E-state index contributed by atoms with van der Waals surface area (Å²) in [5.74, 6) is 0.386. The van der Waals surface area contributed by atoms with E-state index in [1.54, 1.807) is 0 Å². The summed E-state index contributed by atoms with van der Waals surface area (Å²) in [7, 11) is 2.18. The average Bonchev–Trinajstić information content (AvgIpc) is 2.79. The lowest BCUT2D eigenvalue weighted by atomic mass is 10.0. The molecule has 192 valence electrons. The third-order valence-electron chi connectivity index (χ3n) is 6.81. The zero-order chi connectivity index (χ0) is 23.8. The molecule has 0 fully saturated rings. The lowest BCUT2D eigenvalue weighted by Gasteiger charge is -2.31. The van der Waals surface area contributed by atoms with Gasteiger partial charge >= 0.3 is 0 Å². The molecule has 0 heterocycles. The highest BCUT2D eigenvalue weighted by Crippen LogP contribution is 2.15. The molecule has 0 aromatic carbocycles. The number of hydroxylamine groups is 3. The molecule has 0 saturated carbocycles. The summed E-state index contributed by atoms with van der Waals surface area (Å²) in [4.78, 5) is 18.4. The molecule has 0 aliphatic heterocycles. The molecule has 0 unspecified atom stereocenters. The van der Waals surface area contributed by atoms with E-state index in [0.717, 1.165) is 25.9 Å². The lowest BCUT2D eigenvalue weighted by Crippen LogP contribution is -2.45. The Bertz CT molecular complexity index is 389. The van der Waals surface area contributed by atoms with Crippen molar-refractivity contribution >= 4 is 5.78 Å². The summed E-state index contributed by atoms with van der Waals surface area (Å²) in [5, 5.41) is 0. The number of Topliss-reactive ketones (excluding diaryl/α,β-unsaturated/α-hetero) is 1. The van der Waals surface area contributed by atoms with Crippen LogP contribution in [-0.4, -0.2) is 37.2 Å². The zero-order valence-electron chi connectivity index (χ0n) is 22.7. The van der Waals surface area contributed by atoms with Crippen molar-refractivity contribution in [3.05, 3.63) is 0 Å². The summed E-state index contributed by atoms with van der Waals surface area (Å²) in [6, 6.07) is 0. The maximum atomic E-state index is 12.2. The maximum absolute atomic E-state index is 12.2. The molecule has 0 saturated heterocycles. The number of hydrogen-bond donors (Lipinski definition) is 0. The van der Waals surface area contributed by atoms with E-state index in [1.807, 2.05) is 0 Å². The largest absolute Gasteiger partial charge is 0.300 e. The molecule has 0 N–H and O–H groups in total. The van der Waals surface area contributed by atoms with Crippen molar-refractivity contribution in [3.63, 3.8) is 0 Å². The average molecular weight is 455 g/mol. The second-order valence-electron chi connectivity index (χ2n) is 10.3. The van der Waals surface area contributed by atoms with Gasteiger partial charge in [-0.3, -0.25) is 4.79 Å². The van der Waals surface area contributed by atoms with Crippen LogP contribution in [0, 0.1) is 0 Å². The van der Waals surface area contributed by atoms with Gasteiger partial charge in [0.05, 0.1) is 7.05 Å². The number of carbonyl (C=O) groups excluding carboxylic acids is 1. The predicted molar refractivity (Wildman–Crippen MR) is 141 cm³/mol. The van der Waals surface area contributed by atoms with Crippen LogP contribution >= 0.6 is 0 Å². The van der Waals surface area contributed by atoms with Gasteiger partial charge in [-0.05, 0) is 19.3 Å². The number of hydrogen-bond acceptors (Lipinski definition) is 2. The first kappa shape index (κ1) is 31.6. The molecule has 0 bridgehead atoms. The Kier molecular flexibility index (Phi) is 23.4. The van der Waals surface area contributed by atoms with Gasteiger partial charge in [0, 0.05) is 12.8 Å². The van der Waals surface area contributed by atoms with E-state index in [1.165, 1.54) is 116 Å².